The average molecular weight is 305 g/mol. The predicted octanol–water partition coefficient (Wildman–Crippen LogP) is 2.26. The third-order valence-corrected chi connectivity index (χ3v) is 3.85. The summed E-state index contributed by atoms with van der Waals surface area (Å²) in [5, 5.41) is 2.86. The Morgan fingerprint density at radius 1 is 1.22 bits per heavy atom. The molecule has 1 aliphatic rings. The van der Waals surface area contributed by atoms with Gasteiger partial charge in [0, 0.05) is 36.1 Å². The van der Waals surface area contributed by atoms with E-state index in [4.69, 9.17) is 0 Å². The molecule has 0 aromatic carbocycles. The maximum Gasteiger partial charge on any atom is 0.253 e. The van der Waals surface area contributed by atoms with Crippen LogP contribution < -0.4 is 5.32 Å². The highest BCUT2D eigenvalue weighted by Gasteiger charge is 2.19. The molecule has 0 atom stereocenters. The fraction of sp³-hybridized carbons (Fsp3) is 0.118. The Kier molecular flexibility index (Phi) is 3.27. The third-order valence-electron chi connectivity index (χ3n) is 3.85. The molecule has 4 rings (SSSR count). The highest BCUT2D eigenvalue weighted by atomic mass is 16.1. The standard InChI is InChI=1S/C17H15N5O/c23-17-14-8-16(22-15(14)4-6-20-17)11-3-5-19-12(7-11)1-2-13-9-18-10-21-13/h1-3,5,7-10,22H,4,6H2,(H,18,21)(H,20,23). The SMILES string of the molecule is O=C1NCCc2[nH]c(-c3ccnc(C=Cc4cnc[nH]4)c3)cc21. The summed E-state index contributed by atoms with van der Waals surface area (Å²) in [5.41, 5.74) is 5.43. The van der Waals surface area contributed by atoms with Gasteiger partial charge in [-0.3, -0.25) is 9.78 Å². The number of nitrogens with one attached hydrogen (secondary N) is 3. The highest BCUT2D eigenvalue weighted by Crippen LogP contribution is 2.24. The summed E-state index contributed by atoms with van der Waals surface area (Å²) in [6, 6.07) is 5.83. The second-order valence-electron chi connectivity index (χ2n) is 5.39. The lowest BCUT2D eigenvalue weighted by Gasteiger charge is -2.10. The van der Waals surface area contributed by atoms with E-state index in [-0.39, 0.29) is 5.91 Å². The number of nitrogens with zero attached hydrogens (tertiary/aromatic N) is 2. The Balaban J connectivity index is 1.65. The molecule has 0 bridgehead atoms. The number of rotatable bonds is 3. The molecule has 6 nitrogen and oxygen atoms in total. The van der Waals surface area contributed by atoms with E-state index >= 15 is 0 Å². The summed E-state index contributed by atoms with van der Waals surface area (Å²) in [6.45, 7) is 0.681. The van der Waals surface area contributed by atoms with Crippen LogP contribution in [0.4, 0.5) is 0 Å². The molecule has 0 fully saturated rings. The normalized spacial score (nSPS) is 14.0. The smallest absolute Gasteiger partial charge is 0.253 e. The second-order valence-corrected chi connectivity index (χ2v) is 5.39. The molecule has 0 saturated carbocycles. The van der Waals surface area contributed by atoms with Gasteiger partial charge in [0.15, 0.2) is 0 Å². The molecule has 4 heterocycles. The molecule has 23 heavy (non-hydrogen) atoms. The predicted molar refractivity (Wildman–Crippen MR) is 87.6 cm³/mol. The first-order chi connectivity index (χ1) is 11.3. The first-order valence-corrected chi connectivity index (χ1v) is 7.42. The van der Waals surface area contributed by atoms with Crippen LogP contribution in [-0.4, -0.2) is 32.4 Å². The maximum absolute atomic E-state index is 11.9. The number of carbonyl (C=O) groups excluding carboxylic acids is 1. The Morgan fingerprint density at radius 3 is 3.00 bits per heavy atom. The lowest BCUT2D eigenvalue weighted by molar-refractivity contribution is 0.0946. The Morgan fingerprint density at radius 2 is 2.17 bits per heavy atom. The monoisotopic (exact) mass is 305 g/mol. The van der Waals surface area contributed by atoms with Gasteiger partial charge >= 0.3 is 0 Å². The number of amides is 1. The van der Waals surface area contributed by atoms with Crippen LogP contribution in [0, 0.1) is 0 Å². The topological polar surface area (TPSA) is 86.5 Å². The van der Waals surface area contributed by atoms with Crippen molar-refractivity contribution in [1.29, 1.82) is 0 Å². The van der Waals surface area contributed by atoms with Gasteiger partial charge in [0.05, 0.1) is 29.5 Å². The van der Waals surface area contributed by atoms with E-state index in [9.17, 15) is 4.79 Å². The largest absolute Gasteiger partial charge is 0.358 e. The van der Waals surface area contributed by atoms with Gasteiger partial charge in [0.1, 0.15) is 0 Å². The molecule has 0 unspecified atom stereocenters. The van der Waals surface area contributed by atoms with E-state index in [0.29, 0.717) is 6.54 Å². The molecule has 3 N–H and O–H groups in total. The number of fused-ring (bicyclic) bond motifs is 1. The first-order valence-electron chi connectivity index (χ1n) is 7.42. The van der Waals surface area contributed by atoms with E-state index < -0.39 is 0 Å². The van der Waals surface area contributed by atoms with E-state index in [1.54, 1.807) is 18.7 Å². The lowest BCUT2D eigenvalue weighted by atomic mass is 10.1. The van der Waals surface area contributed by atoms with Crippen LogP contribution in [0.2, 0.25) is 0 Å². The van der Waals surface area contributed by atoms with E-state index in [2.05, 4.69) is 25.3 Å². The minimum Gasteiger partial charge on any atom is -0.358 e. The van der Waals surface area contributed by atoms with Crippen molar-refractivity contribution in [2.24, 2.45) is 0 Å². The summed E-state index contributed by atoms with van der Waals surface area (Å²) in [4.78, 5) is 26.6. The molecule has 0 saturated heterocycles. The molecule has 114 valence electrons. The van der Waals surface area contributed by atoms with Gasteiger partial charge in [-0.2, -0.15) is 0 Å². The van der Waals surface area contributed by atoms with Crippen molar-refractivity contribution >= 4 is 18.1 Å². The molecule has 1 amide bonds. The number of aromatic nitrogens is 4. The van der Waals surface area contributed by atoms with Crippen molar-refractivity contribution in [3.8, 4) is 11.3 Å². The Labute approximate surface area is 132 Å². The van der Waals surface area contributed by atoms with Gasteiger partial charge in [-0.25, -0.2) is 4.98 Å². The van der Waals surface area contributed by atoms with Crippen LogP contribution >= 0.6 is 0 Å². The Bertz CT molecular complexity index is 876. The molecule has 0 radical (unpaired) electrons. The summed E-state index contributed by atoms with van der Waals surface area (Å²) in [6.07, 6.45) is 9.83. The minimum absolute atomic E-state index is 0.0119. The van der Waals surface area contributed by atoms with Crippen molar-refractivity contribution in [2.75, 3.05) is 6.54 Å². The fourth-order valence-corrected chi connectivity index (χ4v) is 2.69. The van der Waals surface area contributed by atoms with Crippen LogP contribution in [0.15, 0.2) is 36.9 Å². The van der Waals surface area contributed by atoms with Gasteiger partial charge in [0.25, 0.3) is 5.91 Å². The fourth-order valence-electron chi connectivity index (χ4n) is 2.69. The zero-order chi connectivity index (χ0) is 15.6. The second kappa shape index (κ2) is 5.57. The zero-order valence-electron chi connectivity index (χ0n) is 12.3. The number of carbonyl (C=O) groups is 1. The van der Waals surface area contributed by atoms with E-state index in [1.807, 2.05) is 30.4 Å². The summed E-state index contributed by atoms with van der Waals surface area (Å²) < 4.78 is 0. The molecule has 3 aromatic heterocycles. The van der Waals surface area contributed by atoms with Crippen LogP contribution in [0.1, 0.15) is 27.4 Å². The molecule has 0 spiro atoms. The summed E-state index contributed by atoms with van der Waals surface area (Å²) in [7, 11) is 0. The van der Waals surface area contributed by atoms with Gasteiger partial charge in [0.2, 0.25) is 0 Å². The number of hydrogen-bond acceptors (Lipinski definition) is 3. The van der Waals surface area contributed by atoms with Crippen molar-refractivity contribution < 1.29 is 4.79 Å². The Hall–Kier alpha value is -3.15. The van der Waals surface area contributed by atoms with Crippen LogP contribution in [-0.2, 0) is 6.42 Å². The lowest BCUT2D eigenvalue weighted by Crippen LogP contribution is -2.31. The van der Waals surface area contributed by atoms with Gasteiger partial charge in [-0.15, -0.1) is 0 Å². The highest BCUT2D eigenvalue weighted by molar-refractivity contribution is 5.97. The van der Waals surface area contributed by atoms with E-state index in [1.165, 1.54) is 0 Å². The zero-order valence-corrected chi connectivity index (χ0v) is 12.3. The molecular weight excluding hydrogens is 290 g/mol. The molecule has 1 aliphatic heterocycles. The van der Waals surface area contributed by atoms with Crippen LogP contribution in [0.3, 0.4) is 0 Å². The van der Waals surface area contributed by atoms with Crippen LogP contribution in [0.5, 0.6) is 0 Å². The number of pyridine rings is 1. The van der Waals surface area contributed by atoms with Crippen molar-refractivity contribution in [2.45, 2.75) is 6.42 Å². The number of aromatic amines is 2. The quantitative estimate of drug-likeness (QED) is 0.693. The average Bonchev–Trinajstić information content (AvgIpc) is 3.23. The van der Waals surface area contributed by atoms with E-state index in [0.717, 1.165) is 40.3 Å². The molecule has 6 heteroatoms. The number of imidazole rings is 1. The van der Waals surface area contributed by atoms with Gasteiger partial charge in [-0.1, -0.05) is 0 Å². The first kappa shape index (κ1) is 13.5. The van der Waals surface area contributed by atoms with Crippen molar-refractivity contribution in [3.05, 3.63) is 59.6 Å². The number of hydrogen-bond donors (Lipinski definition) is 3. The summed E-state index contributed by atoms with van der Waals surface area (Å²) >= 11 is 0. The third kappa shape index (κ3) is 2.66. The molecule has 0 aliphatic carbocycles. The van der Waals surface area contributed by atoms with Gasteiger partial charge < -0.3 is 15.3 Å². The molecule has 3 aromatic rings. The molecular formula is C17H15N5O. The van der Waals surface area contributed by atoms with Crippen LogP contribution in [0.25, 0.3) is 23.4 Å². The minimum atomic E-state index is -0.0119. The van der Waals surface area contributed by atoms with Crippen molar-refractivity contribution in [3.63, 3.8) is 0 Å². The van der Waals surface area contributed by atoms with Crippen molar-refractivity contribution in [1.82, 2.24) is 25.3 Å². The summed E-state index contributed by atoms with van der Waals surface area (Å²) in [5.74, 6) is -0.0119. The van der Waals surface area contributed by atoms with Gasteiger partial charge in [-0.05, 0) is 30.4 Å². The maximum atomic E-state index is 11.9. The number of H-pyrrole nitrogens is 2.